The Kier molecular flexibility index (Phi) is 5.69. The van der Waals surface area contributed by atoms with Crippen LogP contribution in [-0.2, 0) is 4.79 Å². The second-order valence-corrected chi connectivity index (χ2v) is 2.44. The maximum Gasteiger partial charge on any atom is 1.00 e. The Morgan fingerprint density at radius 2 is 1.86 bits per heavy atom. The molecule has 0 fully saturated rings. The molecule has 0 aliphatic heterocycles. The second kappa shape index (κ2) is 6.25. The van der Waals surface area contributed by atoms with Crippen LogP contribution in [0.1, 0.15) is 11.8 Å². The summed E-state index contributed by atoms with van der Waals surface area (Å²) >= 11 is 0. The predicted molar refractivity (Wildman–Crippen MR) is 47.5 cm³/mol. The molecule has 5 heteroatoms. The fraction of sp³-hybridized carbons (Fsp3) is 0.111. The molecule has 1 aromatic carbocycles. The van der Waals surface area contributed by atoms with Gasteiger partial charge in [0.1, 0.15) is 6.54 Å². The fourth-order valence-electron chi connectivity index (χ4n) is 0.847. The van der Waals surface area contributed by atoms with E-state index in [-0.39, 0.29) is 32.7 Å². The van der Waals surface area contributed by atoms with Crippen LogP contribution in [0.5, 0.6) is 0 Å². The third kappa shape index (κ3) is 4.12. The summed E-state index contributed by atoms with van der Waals surface area (Å²) in [6, 6.07) is 8.47. The predicted octanol–water partition coefficient (Wildman–Crippen LogP) is -2.38. The Labute approximate surface area is 95.0 Å². The van der Waals surface area contributed by atoms with Crippen LogP contribution in [0.15, 0.2) is 30.3 Å². The number of carbonyl (C=O) groups excluding carboxylic acids is 1. The summed E-state index contributed by atoms with van der Waals surface area (Å²) in [6.45, 7) is -0.353. The number of carbonyl (C=O) groups is 2. The van der Waals surface area contributed by atoms with Crippen molar-refractivity contribution >= 4 is 11.9 Å². The molecule has 2 N–H and O–H groups in total. The molecule has 0 heterocycles. The van der Waals surface area contributed by atoms with Crippen molar-refractivity contribution in [1.29, 1.82) is 0 Å². The zero-order valence-corrected chi connectivity index (χ0v) is 7.86. The van der Waals surface area contributed by atoms with E-state index in [9.17, 15) is 9.59 Å². The molecule has 0 atom stereocenters. The summed E-state index contributed by atoms with van der Waals surface area (Å²) < 4.78 is 0. The van der Waals surface area contributed by atoms with Crippen molar-refractivity contribution in [2.24, 2.45) is 0 Å². The first-order valence-corrected chi connectivity index (χ1v) is 3.75. The van der Waals surface area contributed by atoms with Crippen LogP contribution in [0.2, 0.25) is 0 Å². The average Bonchev–Trinajstić information content (AvgIpc) is 2.15. The Bertz CT molecular complexity index is 318. The Hall–Kier alpha value is -1.24. The van der Waals surface area contributed by atoms with E-state index in [0.717, 1.165) is 0 Å². The van der Waals surface area contributed by atoms with E-state index < -0.39 is 5.97 Å². The summed E-state index contributed by atoms with van der Waals surface area (Å²) in [6.07, 6.45) is 0. The average molecular weight is 187 g/mol. The van der Waals surface area contributed by atoms with Gasteiger partial charge in [0.15, 0.2) is 0 Å². The Morgan fingerprint density at radius 1 is 1.29 bits per heavy atom. The summed E-state index contributed by atoms with van der Waals surface area (Å²) in [5.41, 5.74) is 0.462. The molecule has 0 bridgehead atoms. The van der Waals surface area contributed by atoms with Gasteiger partial charge in [-0.15, -0.1) is 0 Å². The van der Waals surface area contributed by atoms with E-state index in [0.29, 0.717) is 5.56 Å². The van der Waals surface area contributed by atoms with Crippen LogP contribution in [0.25, 0.3) is 0 Å². The van der Waals surface area contributed by atoms with Crippen molar-refractivity contribution < 1.29 is 35.0 Å². The van der Waals surface area contributed by atoms with Crippen molar-refractivity contribution in [1.82, 2.24) is 5.32 Å². The van der Waals surface area contributed by atoms with Gasteiger partial charge in [0.05, 0.1) is 0 Å². The molecule has 1 rings (SSSR count). The first kappa shape index (κ1) is 12.8. The molecule has 0 saturated carbocycles. The van der Waals surface area contributed by atoms with Gasteiger partial charge in [-0.1, -0.05) is 18.2 Å². The number of amides is 1. The molecule has 0 aromatic heterocycles. The van der Waals surface area contributed by atoms with Crippen LogP contribution in [-0.4, -0.2) is 23.5 Å². The monoisotopic (exact) mass is 187 g/mol. The van der Waals surface area contributed by atoms with Crippen LogP contribution >= 0.6 is 0 Å². The van der Waals surface area contributed by atoms with Crippen LogP contribution in [0.4, 0.5) is 0 Å². The van der Waals surface area contributed by atoms with Gasteiger partial charge < -0.3 is 11.8 Å². The largest absolute Gasteiger partial charge is 1.00 e. The minimum absolute atomic E-state index is 0. The maximum absolute atomic E-state index is 11.2. The third-order valence-electron chi connectivity index (χ3n) is 1.44. The smallest absolute Gasteiger partial charge is 1.00 e. The van der Waals surface area contributed by atoms with Crippen molar-refractivity contribution in [2.45, 2.75) is 0 Å². The topological polar surface area (TPSA) is 66.4 Å². The number of hydrogen-bond acceptors (Lipinski definition) is 2. The maximum atomic E-state index is 11.2. The number of benzene rings is 1. The molecular formula is C9H10LiNO3. The number of nitrogens with one attached hydrogen (secondary N) is 1. The molecule has 0 aliphatic rings. The van der Waals surface area contributed by atoms with Crippen LogP contribution < -0.4 is 24.2 Å². The minimum atomic E-state index is -1.05. The normalized spacial score (nSPS) is 8.57. The van der Waals surface area contributed by atoms with E-state index in [1.165, 1.54) is 0 Å². The minimum Gasteiger partial charge on any atom is -1.00 e. The summed E-state index contributed by atoms with van der Waals surface area (Å²) in [5, 5.41) is 10.6. The van der Waals surface area contributed by atoms with Gasteiger partial charge in [-0.2, -0.15) is 0 Å². The molecule has 1 aromatic rings. The number of carboxylic acids is 1. The van der Waals surface area contributed by atoms with Gasteiger partial charge in [0.25, 0.3) is 5.91 Å². The summed E-state index contributed by atoms with van der Waals surface area (Å²) in [7, 11) is 0. The van der Waals surface area contributed by atoms with Gasteiger partial charge in [-0.3, -0.25) is 9.59 Å². The molecule has 0 unspecified atom stereocenters. The number of aliphatic carboxylic acids is 1. The van der Waals surface area contributed by atoms with Crippen LogP contribution in [0, 0.1) is 0 Å². The summed E-state index contributed by atoms with van der Waals surface area (Å²) in [4.78, 5) is 21.3. The second-order valence-electron chi connectivity index (χ2n) is 2.44. The van der Waals surface area contributed by atoms with E-state index in [2.05, 4.69) is 5.32 Å². The Balaban J connectivity index is 0. The van der Waals surface area contributed by atoms with E-state index in [1.54, 1.807) is 30.3 Å². The van der Waals surface area contributed by atoms with Crippen molar-refractivity contribution in [2.75, 3.05) is 6.54 Å². The number of carboxylic acid groups (broad SMARTS) is 1. The Morgan fingerprint density at radius 3 is 2.36 bits per heavy atom. The summed E-state index contributed by atoms with van der Waals surface area (Å²) in [5.74, 6) is -1.42. The standard InChI is InChI=1S/C9H9NO3.Li.H/c11-8(12)6-10-9(13)7-4-2-1-3-5-7;;/h1-5H,6H2,(H,10,13)(H,11,12);;/q;+1;-1. The first-order chi connectivity index (χ1) is 6.20. The van der Waals surface area contributed by atoms with Crippen molar-refractivity contribution in [3.63, 3.8) is 0 Å². The molecule has 0 radical (unpaired) electrons. The van der Waals surface area contributed by atoms with E-state index in [1.807, 2.05) is 0 Å². The zero-order chi connectivity index (χ0) is 9.68. The quantitative estimate of drug-likeness (QED) is 0.519. The molecular weight excluding hydrogens is 177 g/mol. The molecule has 0 spiro atoms. The van der Waals surface area contributed by atoms with Gasteiger partial charge >= 0.3 is 24.8 Å². The number of rotatable bonds is 3. The first-order valence-electron chi connectivity index (χ1n) is 3.75. The number of hydrogen-bond donors (Lipinski definition) is 2. The third-order valence-corrected chi connectivity index (χ3v) is 1.44. The van der Waals surface area contributed by atoms with Crippen molar-refractivity contribution in [3.05, 3.63) is 35.9 Å². The zero-order valence-electron chi connectivity index (χ0n) is 8.86. The molecule has 0 saturated heterocycles. The van der Waals surface area contributed by atoms with Gasteiger partial charge in [-0.25, -0.2) is 0 Å². The molecule has 14 heavy (non-hydrogen) atoms. The SMILES string of the molecule is O=C(O)CNC(=O)c1ccccc1.[H-].[Li+]. The van der Waals surface area contributed by atoms with Crippen LogP contribution in [0.3, 0.4) is 0 Å². The molecule has 0 aliphatic carbocycles. The molecule has 70 valence electrons. The van der Waals surface area contributed by atoms with E-state index >= 15 is 0 Å². The van der Waals surface area contributed by atoms with Gasteiger partial charge in [0, 0.05) is 5.56 Å². The molecule has 4 nitrogen and oxygen atoms in total. The van der Waals surface area contributed by atoms with Gasteiger partial charge in [0.2, 0.25) is 0 Å². The van der Waals surface area contributed by atoms with E-state index in [4.69, 9.17) is 5.11 Å². The van der Waals surface area contributed by atoms with Crippen molar-refractivity contribution in [3.8, 4) is 0 Å². The molecule has 1 amide bonds. The fourth-order valence-corrected chi connectivity index (χ4v) is 0.847. The van der Waals surface area contributed by atoms with Gasteiger partial charge in [-0.05, 0) is 12.1 Å².